The first-order valence-corrected chi connectivity index (χ1v) is 6.54. The number of ether oxygens (including phenoxy) is 4. The highest BCUT2D eigenvalue weighted by Gasteiger charge is 2.56. The Bertz CT molecular complexity index is 367. The topological polar surface area (TPSA) is 77.5 Å². The van der Waals surface area contributed by atoms with Crippen LogP contribution in [0.5, 0.6) is 0 Å². The number of aliphatic hydroxyl groups excluding tert-OH is 1. The Balaban J connectivity index is 1.66. The zero-order valence-corrected chi connectivity index (χ0v) is 11.1. The van der Waals surface area contributed by atoms with E-state index in [2.05, 4.69) is 0 Å². The second-order valence-corrected chi connectivity index (χ2v) is 5.45. The van der Waals surface area contributed by atoms with Gasteiger partial charge in [0.25, 0.3) is 5.91 Å². The lowest BCUT2D eigenvalue weighted by atomic mass is 10.1. The van der Waals surface area contributed by atoms with E-state index in [1.807, 2.05) is 0 Å². The summed E-state index contributed by atoms with van der Waals surface area (Å²) in [6.45, 7) is 5.57. The molecule has 0 spiro atoms. The fourth-order valence-corrected chi connectivity index (χ4v) is 2.66. The molecule has 3 fully saturated rings. The van der Waals surface area contributed by atoms with Crippen LogP contribution >= 0.6 is 0 Å². The van der Waals surface area contributed by atoms with Crippen LogP contribution in [0.1, 0.15) is 13.8 Å². The molecule has 3 aliphatic rings. The number of amides is 1. The largest absolute Gasteiger partial charge is 0.387 e. The fourth-order valence-electron chi connectivity index (χ4n) is 2.66. The standard InChI is InChI=1S/C12H19NO6/c1-12(2)18-9-7(14)8(17-11(9)19-12)10(15)13-3-5-16-6-4-13/h7-9,11,14H,3-6H2,1-2H3/t7-,8-,9+,11+/m1/s1. The highest BCUT2D eigenvalue weighted by atomic mass is 16.8. The second-order valence-electron chi connectivity index (χ2n) is 5.45. The highest BCUT2D eigenvalue weighted by Crippen LogP contribution is 2.37. The van der Waals surface area contributed by atoms with Gasteiger partial charge in [-0.1, -0.05) is 0 Å². The van der Waals surface area contributed by atoms with Gasteiger partial charge in [-0.15, -0.1) is 0 Å². The molecule has 0 unspecified atom stereocenters. The molecule has 7 heteroatoms. The summed E-state index contributed by atoms with van der Waals surface area (Å²) in [4.78, 5) is 13.9. The molecule has 0 aromatic heterocycles. The molecule has 3 heterocycles. The summed E-state index contributed by atoms with van der Waals surface area (Å²) in [6, 6.07) is 0. The van der Waals surface area contributed by atoms with Crippen molar-refractivity contribution in [1.29, 1.82) is 0 Å². The second kappa shape index (κ2) is 4.68. The lowest BCUT2D eigenvalue weighted by Crippen LogP contribution is -2.50. The summed E-state index contributed by atoms with van der Waals surface area (Å²) in [5.41, 5.74) is 0. The van der Waals surface area contributed by atoms with Gasteiger partial charge in [-0.05, 0) is 13.8 Å². The summed E-state index contributed by atoms with van der Waals surface area (Å²) in [6.07, 6.45) is -3.20. The number of carbonyl (C=O) groups is 1. The monoisotopic (exact) mass is 273 g/mol. The normalized spacial score (nSPS) is 41.3. The van der Waals surface area contributed by atoms with Crippen LogP contribution in [0.3, 0.4) is 0 Å². The molecule has 19 heavy (non-hydrogen) atoms. The molecular formula is C12H19NO6. The molecular weight excluding hydrogens is 254 g/mol. The van der Waals surface area contributed by atoms with Crippen LogP contribution < -0.4 is 0 Å². The van der Waals surface area contributed by atoms with Gasteiger partial charge in [0.1, 0.15) is 12.2 Å². The zero-order valence-electron chi connectivity index (χ0n) is 11.1. The van der Waals surface area contributed by atoms with E-state index in [9.17, 15) is 9.90 Å². The van der Waals surface area contributed by atoms with E-state index >= 15 is 0 Å². The molecule has 0 radical (unpaired) electrons. The maximum absolute atomic E-state index is 12.3. The molecule has 7 nitrogen and oxygen atoms in total. The van der Waals surface area contributed by atoms with Crippen LogP contribution in [0, 0.1) is 0 Å². The molecule has 0 saturated carbocycles. The first-order chi connectivity index (χ1) is 8.98. The number of hydrogen-bond donors (Lipinski definition) is 1. The minimum Gasteiger partial charge on any atom is -0.387 e. The number of fused-ring (bicyclic) bond motifs is 1. The van der Waals surface area contributed by atoms with E-state index in [1.165, 1.54) is 0 Å². The van der Waals surface area contributed by atoms with E-state index in [-0.39, 0.29) is 5.91 Å². The lowest BCUT2D eigenvalue weighted by Gasteiger charge is -2.30. The molecule has 0 aromatic rings. The minimum absolute atomic E-state index is 0.227. The van der Waals surface area contributed by atoms with Gasteiger partial charge in [0.15, 0.2) is 18.2 Å². The van der Waals surface area contributed by atoms with Crippen molar-refractivity contribution >= 4 is 5.91 Å². The SMILES string of the molecule is CC1(C)O[C@@H]2O[C@@H](C(=O)N3CCOCC3)[C@@H](O)[C@@H]2O1. The maximum atomic E-state index is 12.3. The van der Waals surface area contributed by atoms with E-state index in [1.54, 1.807) is 18.7 Å². The Hall–Kier alpha value is -0.730. The Kier molecular flexibility index (Phi) is 3.26. The fraction of sp³-hybridized carbons (Fsp3) is 0.917. The summed E-state index contributed by atoms with van der Waals surface area (Å²) in [5, 5.41) is 10.2. The number of hydrogen-bond acceptors (Lipinski definition) is 6. The van der Waals surface area contributed by atoms with Crippen LogP contribution in [-0.2, 0) is 23.7 Å². The van der Waals surface area contributed by atoms with Crippen molar-refractivity contribution in [2.75, 3.05) is 26.3 Å². The highest BCUT2D eigenvalue weighted by molar-refractivity contribution is 5.82. The number of morpholine rings is 1. The van der Waals surface area contributed by atoms with E-state index in [4.69, 9.17) is 18.9 Å². The van der Waals surface area contributed by atoms with Gasteiger partial charge >= 0.3 is 0 Å². The molecule has 3 aliphatic heterocycles. The average Bonchev–Trinajstić information content (AvgIpc) is 2.84. The smallest absolute Gasteiger partial charge is 0.254 e. The van der Waals surface area contributed by atoms with Crippen molar-refractivity contribution in [2.24, 2.45) is 0 Å². The van der Waals surface area contributed by atoms with Crippen molar-refractivity contribution in [1.82, 2.24) is 4.90 Å². The van der Waals surface area contributed by atoms with Crippen molar-refractivity contribution < 1.29 is 28.8 Å². The van der Waals surface area contributed by atoms with E-state index < -0.39 is 30.4 Å². The summed E-state index contributed by atoms with van der Waals surface area (Å²) < 4.78 is 21.8. The van der Waals surface area contributed by atoms with Gasteiger partial charge < -0.3 is 29.0 Å². The first kappa shape index (κ1) is 13.3. The molecule has 0 aliphatic carbocycles. The van der Waals surface area contributed by atoms with Crippen LogP contribution in [0.15, 0.2) is 0 Å². The molecule has 0 bridgehead atoms. The lowest BCUT2D eigenvalue weighted by molar-refractivity contribution is -0.217. The van der Waals surface area contributed by atoms with Gasteiger partial charge in [-0.25, -0.2) is 0 Å². The average molecular weight is 273 g/mol. The molecule has 3 saturated heterocycles. The third-order valence-electron chi connectivity index (χ3n) is 3.58. The third kappa shape index (κ3) is 2.36. The van der Waals surface area contributed by atoms with Crippen LogP contribution in [0.4, 0.5) is 0 Å². The first-order valence-electron chi connectivity index (χ1n) is 6.54. The van der Waals surface area contributed by atoms with E-state index in [0.29, 0.717) is 26.3 Å². The third-order valence-corrected chi connectivity index (χ3v) is 3.58. The summed E-state index contributed by atoms with van der Waals surface area (Å²) >= 11 is 0. The number of nitrogens with zero attached hydrogens (tertiary/aromatic N) is 1. The molecule has 0 aromatic carbocycles. The van der Waals surface area contributed by atoms with Gasteiger partial charge in [-0.2, -0.15) is 0 Å². The molecule has 4 atom stereocenters. The van der Waals surface area contributed by atoms with Crippen molar-refractivity contribution in [3.63, 3.8) is 0 Å². The van der Waals surface area contributed by atoms with Gasteiger partial charge in [0, 0.05) is 13.1 Å². The van der Waals surface area contributed by atoms with Crippen molar-refractivity contribution in [3.8, 4) is 0 Å². The van der Waals surface area contributed by atoms with Gasteiger partial charge in [-0.3, -0.25) is 4.79 Å². The molecule has 1 N–H and O–H groups in total. The molecule has 108 valence electrons. The summed E-state index contributed by atoms with van der Waals surface area (Å²) in [5.74, 6) is -1.02. The Labute approximate surface area is 111 Å². The molecule has 3 rings (SSSR count). The minimum atomic E-state index is -0.998. The van der Waals surface area contributed by atoms with Crippen LogP contribution in [-0.4, -0.2) is 72.6 Å². The Morgan fingerprint density at radius 1 is 1.26 bits per heavy atom. The van der Waals surface area contributed by atoms with Crippen LogP contribution in [0.25, 0.3) is 0 Å². The predicted molar refractivity (Wildman–Crippen MR) is 62.1 cm³/mol. The zero-order chi connectivity index (χ0) is 13.6. The summed E-state index contributed by atoms with van der Waals surface area (Å²) in [7, 11) is 0. The van der Waals surface area contributed by atoms with Crippen molar-refractivity contribution in [2.45, 2.75) is 44.2 Å². The molecule has 1 amide bonds. The maximum Gasteiger partial charge on any atom is 0.254 e. The Morgan fingerprint density at radius 2 is 1.95 bits per heavy atom. The van der Waals surface area contributed by atoms with Gasteiger partial charge in [0.05, 0.1) is 13.2 Å². The predicted octanol–water partition coefficient (Wildman–Crippen LogP) is -0.917. The number of rotatable bonds is 1. The van der Waals surface area contributed by atoms with E-state index in [0.717, 1.165) is 0 Å². The number of carbonyl (C=O) groups excluding carboxylic acids is 1. The van der Waals surface area contributed by atoms with Gasteiger partial charge in [0.2, 0.25) is 0 Å². The van der Waals surface area contributed by atoms with Crippen LogP contribution in [0.2, 0.25) is 0 Å². The number of aliphatic hydroxyl groups is 1. The quantitative estimate of drug-likeness (QED) is 0.666. The Morgan fingerprint density at radius 3 is 2.58 bits per heavy atom. The van der Waals surface area contributed by atoms with Crippen molar-refractivity contribution in [3.05, 3.63) is 0 Å².